The van der Waals surface area contributed by atoms with Gasteiger partial charge >= 0.3 is 11.7 Å². The maximum atomic E-state index is 12.5. The molecular formula is C15H19N3O4. The Labute approximate surface area is 126 Å². The van der Waals surface area contributed by atoms with Crippen molar-refractivity contribution in [2.24, 2.45) is 0 Å². The average molecular weight is 305 g/mol. The molecule has 2 aromatic rings. The minimum atomic E-state index is -0.984. The Morgan fingerprint density at radius 2 is 2.09 bits per heavy atom. The Hall–Kier alpha value is -2.44. The first kappa shape index (κ1) is 15.9. The molecular weight excluding hydrogens is 286 g/mol. The van der Waals surface area contributed by atoms with E-state index >= 15 is 0 Å². The lowest BCUT2D eigenvalue weighted by atomic mass is 10.1. The van der Waals surface area contributed by atoms with Crippen LogP contribution in [0.1, 0.15) is 40.2 Å². The molecule has 0 aliphatic rings. The van der Waals surface area contributed by atoms with Crippen LogP contribution in [-0.4, -0.2) is 26.1 Å². The SMILES string of the molecule is CCC(C(=O)OC(C)(C)C)n1c(=O)[nH]c2cccnc2c1=O. The van der Waals surface area contributed by atoms with Crippen LogP contribution in [0.25, 0.3) is 11.0 Å². The van der Waals surface area contributed by atoms with E-state index in [9.17, 15) is 14.4 Å². The molecule has 0 radical (unpaired) electrons. The predicted molar refractivity (Wildman–Crippen MR) is 81.8 cm³/mol. The highest BCUT2D eigenvalue weighted by molar-refractivity contribution is 5.76. The van der Waals surface area contributed by atoms with E-state index in [1.807, 2.05) is 0 Å². The summed E-state index contributed by atoms with van der Waals surface area (Å²) in [5.41, 5.74) is -1.49. The molecule has 2 aromatic heterocycles. The van der Waals surface area contributed by atoms with E-state index in [2.05, 4.69) is 9.97 Å². The van der Waals surface area contributed by atoms with Crippen LogP contribution in [0.2, 0.25) is 0 Å². The molecule has 1 N–H and O–H groups in total. The monoisotopic (exact) mass is 305 g/mol. The van der Waals surface area contributed by atoms with Gasteiger partial charge in [0.1, 0.15) is 11.6 Å². The number of hydrogen-bond acceptors (Lipinski definition) is 5. The second kappa shape index (κ2) is 5.75. The largest absolute Gasteiger partial charge is 0.458 e. The Balaban J connectivity index is 2.59. The van der Waals surface area contributed by atoms with Crippen LogP contribution >= 0.6 is 0 Å². The lowest BCUT2D eigenvalue weighted by molar-refractivity contribution is -0.159. The van der Waals surface area contributed by atoms with Gasteiger partial charge in [0.25, 0.3) is 5.56 Å². The van der Waals surface area contributed by atoms with E-state index < -0.39 is 28.9 Å². The molecule has 0 saturated heterocycles. The summed E-state index contributed by atoms with van der Waals surface area (Å²) < 4.78 is 6.17. The van der Waals surface area contributed by atoms with Crippen LogP contribution in [-0.2, 0) is 9.53 Å². The predicted octanol–water partition coefficient (Wildman–Crippen LogP) is 1.38. The van der Waals surface area contributed by atoms with Crippen molar-refractivity contribution in [2.45, 2.75) is 45.8 Å². The van der Waals surface area contributed by atoms with Crippen molar-refractivity contribution in [2.75, 3.05) is 0 Å². The number of aromatic amines is 1. The third-order valence-electron chi connectivity index (χ3n) is 3.07. The number of rotatable bonds is 3. The van der Waals surface area contributed by atoms with Crippen molar-refractivity contribution in [3.63, 3.8) is 0 Å². The van der Waals surface area contributed by atoms with E-state index in [4.69, 9.17) is 4.74 Å². The number of ether oxygens (including phenoxy) is 1. The summed E-state index contributed by atoms with van der Waals surface area (Å²) in [5, 5.41) is 0. The van der Waals surface area contributed by atoms with Crippen molar-refractivity contribution in [3.05, 3.63) is 39.2 Å². The zero-order valence-corrected chi connectivity index (χ0v) is 13.0. The highest BCUT2D eigenvalue weighted by atomic mass is 16.6. The fourth-order valence-electron chi connectivity index (χ4n) is 2.17. The number of hydrogen-bond donors (Lipinski definition) is 1. The van der Waals surface area contributed by atoms with Gasteiger partial charge in [0, 0.05) is 6.20 Å². The number of H-pyrrole nitrogens is 1. The summed E-state index contributed by atoms with van der Waals surface area (Å²) in [7, 11) is 0. The van der Waals surface area contributed by atoms with Gasteiger partial charge in [-0.25, -0.2) is 19.1 Å². The first-order valence-corrected chi connectivity index (χ1v) is 7.07. The highest BCUT2D eigenvalue weighted by Gasteiger charge is 2.28. The van der Waals surface area contributed by atoms with Crippen LogP contribution in [0.3, 0.4) is 0 Å². The fourth-order valence-corrected chi connectivity index (χ4v) is 2.17. The number of nitrogens with zero attached hydrogens (tertiary/aromatic N) is 2. The minimum Gasteiger partial charge on any atom is -0.458 e. The van der Waals surface area contributed by atoms with E-state index in [0.29, 0.717) is 5.52 Å². The van der Waals surface area contributed by atoms with Gasteiger partial charge in [0.15, 0.2) is 5.52 Å². The van der Waals surface area contributed by atoms with Crippen molar-refractivity contribution in [1.29, 1.82) is 0 Å². The van der Waals surface area contributed by atoms with Gasteiger partial charge in [-0.15, -0.1) is 0 Å². The molecule has 0 spiro atoms. The topological polar surface area (TPSA) is 94.1 Å². The molecule has 2 rings (SSSR count). The molecule has 0 saturated carbocycles. The summed E-state index contributed by atoms with van der Waals surface area (Å²) in [6, 6.07) is 2.22. The summed E-state index contributed by atoms with van der Waals surface area (Å²) in [5.74, 6) is -0.613. The maximum Gasteiger partial charge on any atom is 0.329 e. The van der Waals surface area contributed by atoms with Gasteiger partial charge in [0.2, 0.25) is 0 Å². The number of esters is 1. The lowest BCUT2D eigenvalue weighted by Crippen LogP contribution is -2.43. The molecule has 0 fully saturated rings. The Morgan fingerprint density at radius 1 is 1.41 bits per heavy atom. The third-order valence-corrected chi connectivity index (χ3v) is 3.07. The average Bonchev–Trinajstić information content (AvgIpc) is 2.41. The van der Waals surface area contributed by atoms with Crippen molar-refractivity contribution < 1.29 is 9.53 Å². The number of carbonyl (C=O) groups excluding carboxylic acids is 1. The van der Waals surface area contributed by atoms with Crippen molar-refractivity contribution in [1.82, 2.24) is 14.5 Å². The van der Waals surface area contributed by atoms with E-state index in [1.54, 1.807) is 39.8 Å². The van der Waals surface area contributed by atoms with Crippen LogP contribution in [0, 0.1) is 0 Å². The van der Waals surface area contributed by atoms with Crippen LogP contribution in [0.15, 0.2) is 27.9 Å². The third kappa shape index (κ3) is 3.08. The fraction of sp³-hybridized carbons (Fsp3) is 0.467. The molecule has 0 bridgehead atoms. The molecule has 7 heteroatoms. The van der Waals surface area contributed by atoms with Gasteiger partial charge in [-0.1, -0.05) is 6.92 Å². The Kier molecular flexibility index (Phi) is 4.16. The molecule has 22 heavy (non-hydrogen) atoms. The van der Waals surface area contributed by atoms with Crippen LogP contribution in [0.4, 0.5) is 0 Å². The molecule has 0 aliphatic heterocycles. The van der Waals surface area contributed by atoms with Gasteiger partial charge < -0.3 is 9.72 Å². The smallest absolute Gasteiger partial charge is 0.329 e. The zero-order chi connectivity index (χ0) is 16.5. The summed E-state index contributed by atoms with van der Waals surface area (Å²) >= 11 is 0. The molecule has 0 amide bonds. The molecule has 1 unspecified atom stereocenters. The summed E-state index contributed by atoms with van der Waals surface area (Å²) in [6.07, 6.45) is 1.72. The van der Waals surface area contributed by atoms with Crippen LogP contribution in [0.5, 0.6) is 0 Å². The second-order valence-electron chi connectivity index (χ2n) is 5.96. The molecule has 0 aromatic carbocycles. The first-order chi connectivity index (χ1) is 10.2. The normalized spacial score (nSPS) is 13.1. The lowest BCUT2D eigenvalue weighted by Gasteiger charge is -2.24. The standard InChI is InChI=1S/C15H19N3O4/c1-5-10(13(20)22-15(2,3)4)18-12(19)11-9(17-14(18)21)7-6-8-16-11/h6-8,10H,5H2,1-4H3,(H,17,21). The first-order valence-electron chi connectivity index (χ1n) is 7.07. The minimum absolute atomic E-state index is 0.115. The summed E-state index contributed by atoms with van der Waals surface area (Å²) in [4.78, 5) is 43.5. The van der Waals surface area contributed by atoms with Gasteiger partial charge in [-0.05, 0) is 39.3 Å². The van der Waals surface area contributed by atoms with Gasteiger partial charge in [-0.2, -0.15) is 0 Å². The number of carbonyl (C=O) groups is 1. The number of pyridine rings is 1. The molecule has 2 heterocycles. The zero-order valence-electron chi connectivity index (χ0n) is 13.0. The van der Waals surface area contributed by atoms with Gasteiger partial charge in [0.05, 0.1) is 5.52 Å². The number of nitrogens with one attached hydrogen (secondary N) is 1. The van der Waals surface area contributed by atoms with Crippen LogP contribution < -0.4 is 11.2 Å². The van der Waals surface area contributed by atoms with E-state index in [-0.39, 0.29) is 11.9 Å². The van der Waals surface area contributed by atoms with Crippen molar-refractivity contribution in [3.8, 4) is 0 Å². The number of fused-ring (bicyclic) bond motifs is 1. The molecule has 0 aliphatic carbocycles. The molecule has 7 nitrogen and oxygen atoms in total. The Bertz CT molecular complexity index is 814. The maximum absolute atomic E-state index is 12.5. The summed E-state index contributed by atoms with van der Waals surface area (Å²) in [6.45, 7) is 6.90. The van der Waals surface area contributed by atoms with E-state index in [1.165, 1.54) is 6.20 Å². The van der Waals surface area contributed by atoms with Gasteiger partial charge in [-0.3, -0.25) is 4.79 Å². The number of aromatic nitrogens is 3. The molecule has 118 valence electrons. The Morgan fingerprint density at radius 3 is 2.68 bits per heavy atom. The quantitative estimate of drug-likeness (QED) is 0.864. The van der Waals surface area contributed by atoms with E-state index in [0.717, 1.165) is 4.57 Å². The second-order valence-corrected chi connectivity index (χ2v) is 5.96. The highest BCUT2D eigenvalue weighted by Crippen LogP contribution is 2.16. The van der Waals surface area contributed by atoms with Crippen molar-refractivity contribution >= 4 is 17.0 Å². The molecule has 1 atom stereocenters.